The molecule has 1 aromatic heterocycles. The highest BCUT2D eigenvalue weighted by Crippen LogP contribution is 2.29. The Kier molecular flexibility index (Phi) is 3.56. The van der Waals surface area contributed by atoms with E-state index in [1.165, 1.54) is 6.07 Å². The predicted molar refractivity (Wildman–Crippen MR) is 63.6 cm³/mol. The van der Waals surface area contributed by atoms with E-state index in [9.17, 15) is 8.78 Å². The summed E-state index contributed by atoms with van der Waals surface area (Å²) in [7, 11) is 0. The van der Waals surface area contributed by atoms with Crippen molar-refractivity contribution in [1.82, 2.24) is 9.78 Å². The van der Waals surface area contributed by atoms with Crippen molar-refractivity contribution in [1.29, 1.82) is 0 Å². The maximum Gasteiger partial charge on any atom is 0.282 e. The Labute approximate surface area is 111 Å². The SMILES string of the molecule is FC(F)c1cc(Cl)n(-c2ccc(Cl)cc2Cl)n1. The highest BCUT2D eigenvalue weighted by Gasteiger charge is 2.16. The van der Waals surface area contributed by atoms with Gasteiger partial charge in [-0.25, -0.2) is 13.5 Å². The third-order valence-corrected chi connectivity index (χ3v) is 2.85. The molecule has 90 valence electrons. The minimum atomic E-state index is -2.68. The molecule has 0 bridgehead atoms. The van der Waals surface area contributed by atoms with Crippen LogP contribution in [0.2, 0.25) is 15.2 Å². The van der Waals surface area contributed by atoms with Gasteiger partial charge in [0.2, 0.25) is 0 Å². The molecule has 1 heterocycles. The molecule has 0 saturated heterocycles. The van der Waals surface area contributed by atoms with E-state index in [0.717, 1.165) is 10.7 Å². The molecule has 0 aliphatic heterocycles. The molecule has 2 rings (SSSR count). The van der Waals surface area contributed by atoms with Gasteiger partial charge in [-0.3, -0.25) is 0 Å². The second-order valence-corrected chi connectivity index (χ2v) is 4.43. The number of hydrogen-bond donors (Lipinski definition) is 0. The van der Waals surface area contributed by atoms with Crippen molar-refractivity contribution in [2.24, 2.45) is 0 Å². The second-order valence-electron chi connectivity index (χ2n) is 3.20. The van der Waals surface area contributed by atoms with Crippen LogP contribution in [0.1, 0.15) is 12.1 Å². The van der Waals surface area contributed by atoms with Gasteiger partial charge in [0.05, 0.1) is 10.7 Å². The fraction of sp³-hybridized carbons (Fsp3) is 0.100. The van der Waals surface area contributed by atoms with E-state index in [4.69, 9.17) is 34.8 Å². The Morgan fingerprint density at radius 1 is 1.12 bits per heavy atom. The van der Waals surface area contributed by atoms with Crippen LogP contribution < -0.4 is 0 Å². The summed E-state index contributed by atoms with van der Waals surface area (Å²) in [5.41, 5.74) is -0.00557. The third kappa shape index (κ3) is 2.54. The Bertz CT molecular complexity index is 554. The van der Waals surface area contributed by atoms with Crippen molar-refractivity contribution in [3.8, 4) is 5.69 Å². The van der Waals surface area contributed by atoms with Gasteiger partial charge in [0, 0.05) is 11.1 Å². The summed E-state index contributed by atoms with van der Waals surface area (Å²) >= 11 is 17.5. The number of nitrogens with zero attached hydrogens (tertiary/aromatic N) is 2. The van der Waals surface area contributed by atoms with Crippen molar-refractivity contribution >= 4 is 34.8 Å². The lowest BCUT2D eigenvalue weighted by Gasteiger charge is -2.05. The van der Waals surface area contributed by atoms with E-state index < -0.39 is 12.1 Å². The first-order valence-corrected chi connectivity index (χ1v) is 5.61. The summed E-state index contributed by atoms with van der Waals surface area (Å²) in [4.78, 5) is 0. The zero-order chi connectivity index (χ0) is 12.6. The first-order valence-electron chi connectivity index (χ1n) is 4.48. The molecule has 0 spiro atoms. The van der Waals surface area contributed by atoms with Crippen LogP contribution >= 0.6 is 34.8 Å². The monoisotopic (exact) mass is 296 g/mol. The second kappa shape index (κ2) is 4.80. The van der Waals surface area contributed by atoms with Crippen molar-refractivity contribution in [2.75, 3.05) is 0 Å². The molecule has 17 heavy (non-hydrogen) atoms. The van der Waals surface area contributed by atoms with Gasteiger partial charge in [-0.15, -0.1) is 0 Å². The summed E-state index contributed by atoms with van der Waals surface area (Å²) in [5.74, 6) is 0. The molecular weight excluding hydrogens is 292 g/mol. The molecule has 0 aliphatic rings. The van der Waals surface area contributed by atoms with Gasteiger partial charge >= 0.3 is 0 Å². The highest BCUT2D eigenvalue weighted by molar-refractivity contribution is 6.36. The molecule has 0 N–H and O–H groups in total. The number of rotatable bonds is 2. The zero-order valence-corrected chi connectivity index (χ0v) is 10.4. The molecule has 0 amide bonds. The van der Waals surface area contributed by atoms with E-state index in [1.54, 1.807) is 12.1 Å². The first kappa shape index (κ1) is 12.6. The van der Waals surface area contributed by atoms with Gasteiger partial charge in [0.1, 0.15) is 10.8 Å². The molecule has 7 heteroatoms. The van der Waals surface area contributed by atoms with Crippen LogP contribution in [0.5, 0.6) is 0 Å². The molecule has 0 saturated carbocycles. The Morgan fingerprint density at radius 3 is 2.35 bits per heavy atom. The maximum absolute atomic E-state index is 12.5. The van der Waals surface area contributed by atoms with Crippen LogP contribution in [0.4, 0.5) is 8.78 Å². The van der Waals surface area contributed by atoms with Crippen molar-refractivity contribution in [3.05, 3.63) is 45.2 Å². The average molecular weight is 298 g/mol. The number of alkyl halides is 2. The predicted octanol–water partition coefficient (Wildman–Crippen LogP) is 4.77. The molecular formula is C10H5Cl3F2N2. The van der Waals surface area contributed by atoms with Crippen LogP contribution in [0.15, 0.2) is 24.3 Å². The number of hydrogen-bond acceptors (Lipinski definition) is 1. The van der Waals surface area contributed by atoms with E-state index in [2.05, 4.69) is 5.10 Å². The Balaban J connectivity index is 2.52. The topological polar surface area (TPSA) is 17.8 Å². The smallest absolute Gasteiger partial charge is 0.220 e. The maximum atomic E-state index is 12.5. The fourth-order valence-corrected chi connectivity index (χ4v) is 2.03. The molecule has 0 fully saturated rings. The molecule has 0 unspecified atom stereocenters. The summed E-state index contributed by atoms with van der Waals surface area (Å²) in [6.07, 6.45) is -2.68. The van der Waals surface area contributed by atoms with Crippen LogP contribution in [0.25, 0.3) is 5.69 Å². The van der Waals surface area contributed by atoms with Gasteiger partial charge in [-0.1, -0.05) is 34.8 Å². The molecule has 2 nitrogen and oxygen atoms in total. The third-order valence-electron chi connectivity index (χ3n) is 2.05. The normalized spacial score (nSPS) is 11.2. The molecule has 2 aromatic rings. The fourth-order valence-electron chi connectivity index (χ4n) is 1.30. The van der Waals surface area contributed by atoms with Crippen LogP contribution in [0, 0.1) is 0 Å². The van der Waals surface area contributed by atoms with Gasteiger partial charge in [0.25, 0.3) is 6.43 Å². The lowest BCUT2D eigenvalue weighted by Crippen LogP contribution is -1.98. The zero-order valence-electron chi connectivity index (χ0n) is 8.17. The van der Waals surface area contributed by atoms with Crippen molar-refractivity contribution in [3.63, 3.8) is 0 Å². The van der Waals surface area contributed by atoms with E-state index in [0.29, 0.717) is 10.7 Å². The Hall–Kier alpha value is -0.840. The average Bonchev–Trinajstić information content (AvgIpc) is 2.61. The van der Waals surface area contributed by atoms with Gasteiger partial charge < -0.3 is 0 Å². The first-order chi connectivity index (χ1) is 7.99. The molecule has 0 aliphatic carbocycles. The van der Waals surface area contributed by atoms with Crippen molar-refractivity contribution < 1.29 is 8.78 Å². The summed E-state index contributed by atoms with van der Waals surface area (Å²) < 4.78 is 26.0. The number of aromatic nitrogens is 2. The van der Waals surface area contributed by atoms with Gasteiger partial charge in [-0.05, 0) is 18.2 Å². The van der Waals surface area contributed by atoms with Crippen LogP contribution in [-0.4, -0.2) is 9.78 Å². The van der Waals surface area contributed by atoms with Gasteiger partial charge in [0.15, 0.2) is 0 Å². The molecule has 0 atom stereocenters. The highest BCUT2D eigenvalue weighted by atomic mass is 35.5. The summed E-state index contributed by atoms with van der Waals surface area (Å²) in [6, 6.07) is 5.71. The number of benzene rings is 1. The number of halogens is 5. The Morgan fingerprint density at radius 2 is 1.82 bits per heavy atom. The standard InChI is InChI=1S/C10H5Cl3F2N2/c11-5-1-2-8(6(12)3-5)17-9(13)4-7(16-17)10(14)15/h1-4,10H. The lowest BCUT2D eigenvalue weighted by molar-refractivity contribution is 0.145. The largest absolute Gasteiger partial charge is 0.282 e. The minimum Gasteiger partial charge on any atom is -0.220 e. The van der Waals surface area contributed by atoms with E-state index in [1.807, 2.05) is 0 Å². The van der Waals surface area contributed by atoms with Gasteiger partial charge in [-0.2, -0.15) is 5.10 Å². The van der Waals surface area contributed by atoms with Crippen LogP contribution in [-0.2, 0) is 0 Å². The summed E-state index contributed by atoms with van der Waals surface area (Å²) in [6.45, 7) is 0. The van der Waals surface area contributed by atoms with Crippen LogP contribution in [0.3, 0.4) is 0 Å². The minimum absolute atomic E-state index is 0.0597. The van der Waals surface area contributed by atoms with E-state index in [-0.39, 0.29) is 10.2 Å². The lowest BCUT2D eigenvalue weighted by atomic mass is 10.3. The van der Waals surface area contributed by atoms with Crippen molar-refractivity contribution in [2.45, 2.75) is 6.43 Å². The van der Waals surface area contributed by atoms with E-state index >= 15 is 0 Å². The molecule has 0 radical (unpaired) electrons. The summed E-state index contributed by atoms with van der Waals surface area (Å²) in [5, 5.41) is 4.46. The molecule has 1 aromatic carbocycles. The quantitative estimate of drug-likeness (QED) is 0.780.